The summed E-state index contributed by atoms with van der Waals surface area (Å²) < 4.78 is 7.11. The fourth-order valence-electron chi connectivity index (χ4n) is 3.02. The van der Waals surface area contributed by atoms with Gasteiger partial charge in [0.15, 0.2) is 0 Å². The van der Waals surface area contributed by atoms with E-state index in [1.54, 1.807) is 23.6 Å². The van der Waals surface area contributed by atoms with E-state index in [2.05, 4.69) is 5.32 Å². The van der Waals surface area contributed by atoms with Crippen LogP contribution in [0.1, 0.15) is 32.0 Å². The summed E-state index contributed by atoms with van der Waals surface area (Å²) in [5.74, 6) is -1.28. The van der Waals surface area contributed by atoms with E-state index in [1.807, 2.05) is 12.1 Å². The summed E-state index contributed by atoms with van der Waals surface area (Å²) >= 11 is 0. The van der Waals surface area contributed by atoms with Gasteiger partial charge in [0.1, 0.15) is 11.4 Å². The molecule has 7 nitrogen and oxygen atoms in total. The number of ether oxygens (including phenoxy) is 1. The molecular weight excluding hydrogens is 336 g/mol. The number of carboxylic acids is 1. The molecule has 1 amide bonds. The minimum Gasteiger partial charge on any atom is -0.545 e. The summed E-state index contributed by atoms with van der Waals surface area (Å²) in [4.78, 5) is 35.0. The van der Waals surface area contributed by atoms with Gasteiger partial charge in [-0.15, -0.1) is 0 Å². The maximum absolute atomic E-state index is 13.1. The van der Waals surface area contributed by atoms with Crippen molar-refractivity contribution >= 4 is 29.4 Å². The van der Waals surface area contributed by atoms with Crippen LogP contribution in [-0.2, 0) is 4.79 Å². The molecule has 0 atom stereocenters. The van der Waals surface area contributed by atoms with Gasteiger partial charge in [0.05, 0.1) is 18.6 Å². The lowest BCUT2D eigenvalue weighted by molar-refractivity contribution is -0.254. The highest BCUT2D eigenvalue weighted by molar-refractivity contribution is 6.12. The van der Waals surface area contributed by atoms with Crippen LogP contribution in [0.25, 0.3) is 5.52 Å². The first kappa shape index (κ1) is 17.2. The fraction of sp³-hybridized carbons (Fsp3) is 0.105. The second-order valence-corrected chi connectivity index (χ2v) is 5.60. The molecular formula is C19H15N2O5-. The molecule has 3 rings (SSSR count). The zero-order valence-corrected chi connectivity index (χ0v) is 14.1. The van der Waals surface area contributed by atoms with Crippen LogP contribution in [0.4, 0.5) is 5.69 Å². The maximum atomic E-state index is 13.1. The van der Waals surface area contributed by atoms with Crippen molar-refractivity contribution in [2.45, 2.75) is 6.92 Å². The molecule has 0 fully saturated rings. The minimum atomic E-state index is -1.49. The Hall–Kier alpha value is -3.61. The van der Waals surface area contributed by atoms with Gasteiger partial charge in [-0.1, -0.05) is 6.07 Å². The van der Waals surface area contributed by atoms with Gasteiger partial charge in [-0.3, -0.25) is 9.59 Å². The minimum absolute atomic E-state index is 0.0610. The molecule has 0 unspecified atom stereocenters. The van der Waals surface area contributed by atoms with Gasteiger partial charge in [-0.05, 0) is 37.3 Å². The highest BCUT2D eigenvalue weighted by atomic mass is 16.5. The van der Waals surface area contributed by atoms with Crippen molar-refractivity contribution in [1.29, 1.82) is 0 Å². The molecule has 2 heterocycles. The predicted molar refractivity (Wildman–Crippen MR) is 92.6 cm³/mol. The maximum Gasteiger partial charge on any atom is 0.211 e. The number of fused-ring (bicyclic) bond motifs is 1. The largest absolute Gasteiger partial charge is 0.545 e. The number of anilines is 1. The number of nitrogens with zero attached hydrogens (tertiary/aromatic N) is 1. The van der Waals surface area contributed by atoms with Crippen molar-refractivity contribution in [3.8, 4) is 5.75 Å². The summed E-state index contributed by atoms with van der Waals surface area (Å²) in [6.45, 7) is 1.76. The molecule has 1 aromatic carbocycles. The van der Waals surface area contributed by atoms with E-state index in [0.29, 0.717) is 23.4 Å². The highest BCUT2D eigenvalue weighted by Gasteiger charge is 2.22. The van der Waals surface area contributed by atoms with E-state index in [1.165, 1.54) is 25.3 Å². The second-order valence-electron chi connectivity index (χ2n) is 5.60. The van der Waals surface area contributed by atoms with Crippen molar-refractivity contribution in [3.63, 3.8) is 0 Å². The first-order valence-corrected chi connectivity index (χ1v) is 7.73. The Labute approximate surface area is 148 Å². The molecule has 0 aliphatic carbocycles. The Bertz CT molecular complexity index is 1040. The molecule has 2 aromatic heterocycles. The van der Waals surface area contributed by atoms with Crippen molar-refractivity contribution in [3.05, 3.63) is 65.0 Å². The lowest BCUT2D eigenvalue weighted by atomic mass is 10.0. The SMILES string of the molecule is COc1c(C)c(C(=O)c2ccc(NC=O)c(C(=O)[O-])c2)n2ccccc12. The van der Waals surface area contributed by atoms with Crippen molar-refractivity contribution in [2.24, 2.45) is 0 Å². The van der Waals surface area contributed by atoms with E-state index in [0.717, 1.165) is 5.52 Å². The molecule has 0 saturated carbocycles. The number of hydrogen-bond donors (Lipinski definition) is 1. The van der Waals surface area contributed by atoms with Gasteiger partial charge in [-0.25, -0.2) is 0 Å². The third kappa shape index (κ3) is 2.69. The van der Waals surface area contributed by atoms with E-state index < -0.39 is 5.97 Å². The smallest absolute Gasteiger partial charge is 0.211 e. The van der Waals surface area contributed by atoms with Gasteiger partial charge >= 0.3 is 0 Å². The van der Waals surface area contributed by atoms with Gasteiger partial charge in [0.25, 0.3) is 0 Å². The number of benzene rings is 1. The number of rotatable bonds is 6. The van der Waals surface area contributed by atoms with Gasteiger partial charge in [0.2, 0.25) is 12.2 Å². The highest BCUT2D eigenvalue weighted by Crippen LogP contribution is 2.32. The zero-order valence-electron chi connectivity index (χ0n) is 14.1. The monoisotopic (exact) mass is 351 g/mol. The van der Waals surface area contributed by atoms with Crippen molar-refractivity contribution in [1.82, 2.24) is 4.40 Å². The lowest BCUT2D eigenvalue weighted by Gasteiger charge is -2.11. The fourth-order valence-corrected chi connectivity index (χ4v) is 3.02. The van der Waals surface area contributed by atoms with Crippen LogP contribution in [0.5, 0.6) is 5.75 Å². The number of carbonyl (C=O) groups excluding carboxylic acids is 3. The normalized spacial score (nSPS) is 10.5. The summed E-state index contributed by atoms with van der Waals surface area (Å²) in [5, 5.41) is 13.6. The van der Waals surface area contributed by atoms with Crippen molar-refractivity contribution < 1.29 is 24.2 Å². The van der Waals surface area contributed by atoms with Crippen molar-refractivity contribution in [2.75, 3.05) is 12.4 Å². The van der Waals surface area contributed by atoms with Crippen LogP contribution in [0, 0.1) is 6.92 Å². The number of hydrogen-bond acceptors (Lipinski definition) is 5. The molecule has 0 aliphatic rings. The van der Waals surface area contributed by atoms with Gasteiger partial charge in [0, 0.05) is 28.6 Å². The number of nitrogens with one attached hydrogen (secondary N) is 1. The summed E-state index contributed by atoms with van der Waals surface area (Å²) in [6, 6.07) is 9.44. The Morgan fingerprint density at radius 3 is 2.65 bits per heavy atom. The molecule has 0 spiro atoms. The first-order chi connectivity index (χ1) is 12.5. The number of pyridine rings is 1. The van der Waals surface area contributed by atoms with E-state index in [-0.39, 0.29) is 22.6 Å². The number of ketones is 1. The average Bonchev–Trinajstić information content (AvgIpc) is 2.92. The number of carbonyl (C=O) groups is 3. The average molecular weight is 351 g/mol. The molecule has 0 saturated heterocycles. The lowest BCUT2D eigenvalue weighted by Crippen LogP contribution is -2.24. The standard InChI is InChI=1S/C19H16N2O5/c1-11-16(21-8-4-3-5-15(21)18(11)26-2)17(23)12-6-7-14(20-10-22)13(9-12)19(24)25/h3-10H,1-2H3,(H,20,22)(H,24,25)/p-1. The molecule has 3 aromatic rings. The van der Waals surface area contributed by atoms with E-state index in [4.69, 9.17) is 4.74 Å². The number of carboxylic acid groups (broad SMARTS) is 1. The van der Waals surface area contributed by atoms with Crippen LogP contribution in [-0.4, -0.2) is 29.7 Å². The Balaban J connectivity index is 2.18. The Kier molecular flexibility index (Phi) is 4.45. The van der Waals surface area contributed by atoms with Crippen LogP contribution in [0.15, 0.2) is 42.6 Å². The number of aromatic nitrogens is 1. The molecule has 0 radical (unpaired) electrons. The summed E-state index contributed by atoms with van der Waals surface area (Å²) in [6.07, 6.45) is 2.10. The third-order valence-corrected chi connectivity index (χ3v) is 4.16. The number of aromatic carboxylic acids is 1. The number of amides is 1. The van der Waals surface area contributed by atoms with Gasteiger partial charge in [-0.2, -0.15) is 0 Å². The van der Waals surface area contributed by atoms with E-state index >= 15 is 0 Å². The molecule has 132 valence electrons. The van der Waals surface area contributed by atoms with E-state index in [9.17, 15) is 19.5 Å². The molecule has 0 aliphatic heterocycles. The van der Waals surface area contributed by atoms with Crippen LogP contribution < -0.4 is 15.2 Å². The van der Waals surface area contributed by atoms with Crippen LogP contribution >= 0.6 is 0 Å². The molecule has 0 bridgehead atoms. The molecule has 26 heavy (non-hydrogen) atoms. The van der Waals surface area contributed by atoms with Crippen LogP contribution in [0.2, 0.25) is 0 Å². The quantitative estimate of drug-likeness (QED) is 0.535. The summed E-state index contributed by atoms with van der Waals surface area (Å²) in [7, 11) is 1.53. The third-order valence-electron chi connectivity index (χ3n) is 4.16. The molecule has 7 heteroatoms. The van der Waals surface area contributed by atoms with Gasteiger partial charge < -0.3 is 24.4 Å². The Morgan fingerprint density at radius 1 is 1.23 bits per heavy atom. The second kappa shape index (κ2) is 6.72. The Morgan fingerprint density at radius 2 is 2.00 bits per heavy atom. The number of methoxy groups -OCH3 is 1. The first-order valence-electron chi connectivity index (χ1n) is 7.73. The van der Waals surface area contributed by atoms with Crippen LogP contribution in [0.3, 0.4) is 0 Å². The molecule has 1 N–H and O–H groups in total. The predicted octanol–water partition coefficient (Wildman–Crippen LogP) is 1.42. The topological polar surface area (TPSA) is 99.9 Å². The summed E-state index contributed by atoms with van der Waals surface area (Å²) in [5.41, 5.74) is 1.70. The zero-order chi connectivity index (χ0) is 18.8.